The van der Waals surface area contributed by atoms with Crippen molar-refractivity contribution in [1.29, 1.82) is 0 Å². The van der Waals surface area contributed by atoms with E-state index >= 15 is 0 Å². The minimum Gasteiger partial charge on any atom is -0.394 e. The molecular weight excluding hydrogens is 622 g/mol. The second-order valence-corrected chi connectivity index (χ2v) is 14.6. The van der Waals surface area contributed by atoms with Crippen LogP contribution >= 0.6 is 0 Å². The molecule has 0 saturated carbocycles. The van der Waals surface area contributed by atoms with Crippen LogP contribution < -0.4 is 5.32 Å². The van der Waals surface area contributed by atoms with Crippen LogP contribution in [0.5, 0.6) is 0 Å². The number of amides is 1. The van der Waals surface area contributed by atoms with E-state index < -0.39 is 36.9 Å². The lowest BCUT2D eigenvalue weighted by molar-refractivity contribution is -0.132. The number of nitrogens with one attached hydrogen (secondary N) is 1. The van der Waals surface area contributed by atoms with E-state index in [0.29, 0.717) is 19.3 Å². The summed E-state index contributed by atoms with van der Waals surface area (Å²) in [6.45, 7) is 3.92. The number of aliphatic hydroxyl groups is 4. The predicted octanol–water partition coefficient (Wildman–Crippen LogP) is 11.0. The molecule has 6 nitrogen and oxygen atoms in total. The molecule has 0 radical (unpaired) electrons. The minimum atomic E-state index is -1.29. The quantitative estimate of drug-likeness (QED) is 0.0324. The Morgan fingerprint density at radius 2 is 0.880 bits per heavy atom. The second-order valence-electron chi connectivity index (χ2n) is 14.6. The SMILES string of the molecule is CC/C=C/CC/C=C/CC/C=C/CCCC(O)C(O)C(CO)NC(=O)C(O)CCCCCCCCCCCCCCCCCCCCCCC. The summed E-state index contributed by atoms with van der Waals surface area (Å²) in [5, 5.41) is 43.5. The van der Waals surface area contributed by atoms with Crippen LogP contribution in [0.1, 0.15) is 206 Å². The number of hydrogen-bond acceptors (Lipinski definition) is 5. The highest BCUT2D eigenvalue weighted by Crippen LogP contribution is 2.16. The fourth-order valence-corrected chi connectivity index (χ4v) is 6.44. The first kappa shape index (κ1) is 48.5. The first-order valence-corrected chi connectivity index (χ1v) is 21.4. The number of carbonyl (C=O) groups is 1. The lowest BCUT2D eigenvalue weighted by Crippen LogP contribution is -2.53. The van der Waals surface area contributed by atoms with Gasteiger partial charge in [-0.05, 0) is 57.8 Å². The van der Waals surface area contributed by atoms with Crippen LogP contribution in [0.25, 0.3) is 0 Å². The van der Waals surface area contributed by atoms with Crippen LogP contribution in [0, 0.1) is 0 Å². The number of carbonyl (C=O) groups excluding carboxylic acids is 1. The molecule has 0 fully saturated rings. The summed E-state index contributed by atoms with van der Waals surface area (Å²) >= 11 is 0. The van der Waals surface area contributed by atoms with Gasteiger partial charge in [0.1, 0.15) is 12.2 Å². The van der Waals surface area contributed by atoms with Gasteiger partial charge >= 0.3 is 0 Å². The van der Waals surface area contributed by atoms with Crippen molar-refractivity contribution < 1.29 is 25.2 Å². The molecule has 0 aliphatic heterocycles. The van der Waals surface area contributed by atoms with E-state index in [9.17, 15) is 25.2 Å². The smallest absolute Gasteiger partial charge is 0.249 e. The summed E-state index contributed by atoms with van der Waals surface area (Å²) in [5.74, 6) is -0.599. The Balaban J connectivity index is 3.75. The minimum absolute atomic E-state index is 0.361. The van der Waals surface area contributed by atoms with Gasteiger partial charge in [-0.2, -0.15) is 0 Å². The van der Waals surface area contributed by atoms with Gasteiger partial charge in [0.15, 0.2) is 0 Å². The van der Waals surface area contributed by atoms with E-state index in [1.165, 1.54) is 116 Å². The zero-order valence-electron chi connectivity index (χ0n) is 32.9. The number of aliphatic hydroxyl groups excluding tert-OH is 4. The molecule has 0 aromatic heterocycles. The van der Waals surface area contributed by atoms with Crippen LogP contribution in [0.4, 0.5) is 0 Å². The average molecular weight is 706 g/mol. The van der Waals surface area contributed by atoms with Crippen LogP contribution in [0.2, 0.25) is 0 Å². The van der Waals surface area contributed by atoms with Crippen molar-refractivity contribution in [3.8, 4) is 0 Å². The molecule has 0 heterocycles. The first-order chi connectivity index (χ1) is 24.5. The molecule has 294 valence electrons. The molecule has 0 aromatic rings. The number of hydrogen-bond donors (Lipinski definition) is 5. The van der Waals surface area contributed by atoms with Crippen LogP contribution in [0.15, 0.2) is 36.5 Å². The van der Waals surface area contributed by atoms with Gasteiger partial charge in [0.25, 0.3) is 0 Å². The molecule has 50 heavy (non-hydrogen) atoms. The largest absolute Gasteiger partial charge is 0.394 e. The molecule has 1 amide bonds. The molecule has 0 aliphatic carbocycles. The number of allylic oxidation sites excluding steroid dienone is 6. The Morgan fingerprint density at radius 1 is 0.500 bits per heavy atom. The first-order valence-electron chi connectivity index (χ1n) is 21.4. The molecule has 0 rings (SSSR count). The van der Waals surface area contributed by atoms with Gasteiger partial charge < -0.3 is 25.7 Å². The Kier molecular flexibility index (Phi) is 37.6. The lowest BCUT2D eigenvalue weighted by Gasteiger charge is -2.27. The maximum atomic E-state index is 12.5. The number of rotatable bonds is 38. The monoisotopic (exact) mass is 706 g/mol. The Hall–Kier alpha value is -1.47. The molecule has 0 spiro atoms. The van der Waals surface area contributed by atoms with Crippen LogP contribution in [-0.4, -0.2) is 57.3 Å². The topological polar surface area (TPSA) is 110 Å². The van der Waals surface area contributed by atoms with E-state index in [1.54, 1.807) is 0 Å². The number of unbranched alkanes of at least 4 members (excludes halogenated alkanes) is 23. The van der Waals surface area contributed by atoms with Crippen molar-refractivity contribution in [1.82, 2.24) is 5.32 Å². The zero-order chi connectivity index (χ0) is 36.8. The Morgan fingerprint density at radius 3 is 1.28 bits per heavy atom. The summed E-state index contributed by atoms with van der Waals surface area (Å²) in [4.78, 5) is 12.5. The Labute approximate surface area is 309 Å². The molecule has 0 saturated heterocycles. The van der Waals surface area contributed by atoms with Crippen molar-refractivity contribution >= 4 is 5.91 Å². The van der Waals surface area contributed by atoms with Crippen molar-refractivity contribution in [3.05, 3.63) is 36.5 Å². The molecule has 5 N–H and O–H groups in total. The standard InChI is InChI=1S/C44H83NO5/c1-3-5-7-9-11-13-15-17-18-19-20-21-22-23-24-26-28-30-32-34-36-38-42(48)44(50)45-40(39-46)43(49)41(47)37-35-33-31-29-27-25-16-14-12-10-8-6-4-2/h6,8,14,16,29,31,40-43,46-49H,3-5,7,9-13,15,17-28,30,32-39H2,1-2H3,(H,45,50)/b8-6+,16-14+,31-29+. The van der Waals surface area contributed by atoms with Crippen LogP contribution in [-0.2, 0) is 4.79 Å². The van der Waals surface area contributed by atoms with Gasteiger partial charge in [-0.3, -0.25) is 4.79 Å². The van der Waals surface area contributed by atoms with Gasteiger partial charge in [0, 0.05) is 0 Å². The molecule has 0 aliphatic rings. The van der Waals surface area contributed by atoms with Gasteiger partial charge in [-0.15, -0.1) is 0 Å². The summed E-state index contributed by atoms with van der Waals surface area (Å²) < 4.78 is 0. The lowest BCUT2D eigenvalue weighted by atomic mass is 10.00. The van der Waals surface area contributed by atoms with Crippen LogP contribution in [0.3, 0.4) is 0 Å². The van der Waals surface area contributed by atoms with E-state index in [-0.39, 0.29) is 0 Å². The summed E-state index contributed by atoms with van der Waals surface area (Å²) in [7, 11) is 0. The maximum Gasteiger partial charge on any atom is 0.249 e. The summed E-state index contributed by atoms with van der Waals surface area (Å²) in [6, 6.07) is -1.01. The molecule has 0 bridgehead atoms. The Bertz CT molecular complexity index is 797. The van der Waals surface area contributed by atoms with Crippen molar-refractivity contribution in [2.24, 2.45) is 0 Å². The van der Waals surface area contributed by atoms with E-state index in [0.717, 1.165) is 57.8 Å². The van der Waals surface area contributed by atoms with Gasteiger partial charge in [0.2, 0.25) is 5.91 Å². The fourth-order valence-electron chi connectivity index (χ4n) is 6.44. The third-order valence-electron chi connectivity index (χ3n) is 9.82. The highest BCUT2D eigenvalue weighted by molar-refractivity contribution is 5.80. The molecule has 4 atom stereocenters. The second kappa shape index (κ2) is 38.8. The third kappa shape index (κ3) is 32.4. The van der Waals surface area contributed by atoms with E-state index in [4.69, 9.17) is 0 Å². The van der Waals surface area contributed by atoms with Gasteiger partial charge in [-0.25, -0.2) is 0 Å². The van der Waals surface area contributed by atoms with E-state index in [2.05, 4.69) is 55.6 Å². The highest BCUT2D eigenvalue weighted by atomic mass is 16.3. The predicted molar refractivity (Wildman–Crippen MR) is 214 cm³/mol. The van der Waals surface area contributed by atoms with Gasteiger partial charge in [-0.1, -0.05) is 185 Å². The summed E-state index contributed by atoms with van der Waals surface area (Å²) in [6.07, 6.45) is 44.7. The molecular formula is C44H83NO5. The zero-order valence-corrected chi connectivity index (χ0v) is 32.9. The highest BCUT2D eigenvalue weighted by Gasteiger charge is 2.28. The maximum absolute atomic E-state index is 12.5. The molecule has 6 heteroatoms. The van der Waals surface area contributed by atoms with Crippen molar-refractivity contribution in [2.45, 2.75) is 231 Å². The van der Waals surface area contributed by atoms with E-state index in [1.807, 2.05) is 0 Å². The third-order valence-corrected chi connectivity index (χ3v) is 9.82. The van der Waals surface area contributed by atoms with Crippen molar-refractivity contribution in [3.63, 3.8) is 0 Å². The average Bonchev–Trinajstić information content (AvgIpc) is 3.12. The fraction of sp³-hybridized carbons (Fsp3) is 0.841. The van der Waals surface area contributed by atoms with Crippen molar-refractivity contribution in [2.75, 3.05) is 6.61 Å². The normalized spacial score (nSPS) is 14.6. The van der Waals surface area contributed by atoms with Gasteiger partial charge in [0.05, 0.1) is 18.8 Å². The molecule has 0 aromatic carbocycles. The molecule has 4 unspecified atom stereocenters. The summed E-state index contributed by atoms with van der Waals surface area (Å²) in [5.41, 5.74) is 0.